The number of aliphatic hydroxyl groups is 1. The van der Waals surface area contributed by atoms with Gasteiger partial charge in [-0.25, -0.2) is 0 Å². The molecular formula is C15H14Cl2O2. The van der Waals surface area contributed by atoms with Crippen LogP contribution in [0.1, 0.15) is 11.1 Å². The Hall–Kier alpha value is -1.22. The van der Waals surface area contributed by atoms with Crippen molar-refractivity contribution in [1.29, 1.82) is 0 Å². The maximum atomic E-state index is 9.01. The predicted octanol–water partition coefficient (Wildman–Crippen LogP) is 4.11. The third kappa shape index (κ3) is 3.87. The monoisotopic (exact) mass is 296 g/mol. The van der Waals surface area contributed by atoms with Crippen molar-refractivity contribution in [3.63, 3.8) is 0 Å². The number of aliphatic hydroxyl groups excluding tert-OH is 1. The Morgan fingerprint density at radius 1 is 1.00 bits per heavy atom. The Morgan fingerprint density at radius 2 is 1.79 bits per heavy atom. The van der Waals surface area contributed by atoms with E-state index in [0.29, 0.717) is 23.1 Å². The first-order valence-electron chi connectivity index (χ1n) is 5.96. The SMILES string of the molecule is OCCc1ccccc1OCc1ccc(Cl)cc1Cl. The number of para-hydroxylation sites is 1. The van der Waals surface area contributed by atoms with Gasteiger partial charge in [-0.05, 0) is 30.2 Å². The van der Waals surface area contributed by atoms with E-state index >= 15 is 0 Å². The van der Waals surface area contributed by atoms with Gasteiger partial charge in [-0.1, -0.05) is 47.5 Å². The van der Waals surface area contributed by atoms with E-state index < -0.39 is 0 Å². The van der Waals surface area contributed by atoms with Gasteiger partial charge in [0.05, 0.1) is 0 Å². The van der Waals surface area contributed by atoms with Crippen LogP contribution in [0.2, 0.25) is 10.0 Å². The number of rotatable bonds is 5. The summed E-state index contributed by atoms with van der Waals surface area (Å²) in [6.07, 6.45) is 0.574. The zero-order valence-corrected chi connectivity index (χ0v) is 11.8. The molecular weight excluding hydrogens is 283 g/mol. The molecule has 2 nitrogen and oxygen atoms in total. The van der Waals surface area contributed by atoms with Crippen LogP contribution in [0, 0.1) is 0 Å². The highest BCUT2D eigenvalue weighted by atomic mass is 35.5. The maximum Gasteiger partial charge on any atom is 0.123 e. The fourth-order valence-electron chi connectivity index (χ4n) is 1.77. The summed E-state index contributed by atoms with van der Waals surface area (Å²) in [7, 11) is 0. The summed E-state index contributed by atoms with van der Waals surface area (Å²) >= 11 is 11.9. The van der Waals surface area contributed by atoms with Crippen LogP contribution >= 0.6 is 23.2 Å². The van der Waals surface area contributed by atoms with Gasteiger partial charge >= 0.3 is 0 Å². The molecule has 2 aromatic rings. The molecule has 0 amide bonds. The lowest BCUT2D eigenvalue weighted by Crippen LogP contribution is -2.00. The van der Waals surface area contributed by atoms with Gasteiger partial charge in [-0.15, -0.1) is 0 Å². The van der Waals surface area contributed by atoms with E-state index in [1.54, 1.807) is 12.1 Å². The van der Waals surface area contributed by atoms with Gasteiger partial charge in [-0.3, -0.25) is 0 Å². The van der Waals surface area contributed by atoms with E-state index in [0.717, 1.165) is 16.9 Å². The van der Waals surface area contributed by atoms with Crippen molar-refractivity contribution in [3.8, 4) is 5.75 Å². The fraction of sp³-hybridized carbons (Fsp3) is 0.200. The summed E-state index contributed by atoms with van der Waals surface area (Å²) in [6.45, 7) is 0.473. The number of benzene rings is 2. The third-order valence-corrected chi connectivity index (χ3v) is 3.34. The minimum atomic E-state index is 0.0993. The van der Waals surface area contributed by atoms with Crippen LogP contribution in [0.3, 0.4) is 0 Å². The molecule has 0 aromatic heterocycles. The minimum absolute atomic E-state index is 0.0993. The van der Waals surface area contributed by atoms with Gasteiger partial charge in [0.1, 0.15) is 12.4 Å². The van der Waals surface area contributed by atoms with Crippen molar-refractivity contribution in [1.82, 2.24) is 0 Å². The molecule has 0 saturated carbocycles. The Bertz CT molecular complexity index is 556. The first-order valence-corrected chi connectivity index (χ1v) is 6.72. The molecule has 0 unspecified atom stereocenters. The van der Waals surface area contributed by atoms with Crippen molar-refractivity contribution in [2.45, 2.75) is 13.0 Å². The Balaban J connectivity index is 2.10. The van der Waals surface area contributed by atoms with Crippen LogP contribution in [0.4, 0.5) is 0 Å². The molecule has 2 rings (SSSR count). The molecule has 0 radical (unpaired) electrons. The van der Waals surface area contributed by atoms with Crippen LogP contribution in [0.25, 0.3) is 0 Å². The summed E-state index contributed by atoms with van der Waals surface area (Å²) in [5.41, 5.74) is 1.86. The van der Waals surface area contributed by atoms with Gasteiger partial charge in [0.25, 0.3) is 0 Å². The molecule has 0 bridgehead atoms. The number of halogens is 2. The standard InChI is InChI=1S/C15H14Cl2O2/c16-13-6-5-12(14(17)9-13)10-19-15-4-2-1-3-11(15)7-8-18/h1-6,9,18H,7-8,10H2. The van der Waals surface area contributed by atoms with E-state index in [1.165, 1.54) is 0 Å². The second-order valence-corrected chi connectivity index (χ2v) is 4.95. The molecule has 0 spiro atoms. The molecule has 0 fully saturated rings. The zero-order valence-electron chi connectivity index (χ0n) is 10.3. The van der Waals surface area contributed by atoms with E-state index in [4.69, 9.17) is 33.0 Å². The van der Waals surface area contributed by atoms with Crippen molar-refractivity contribution in [2.24, 2.45) is 0 Å². The van der Waals surface area contributed by atoms with Gasteiger partial charge in [0, 0.05) is 22.2 Å². The molecule has 19 heavy (non-hydrogen) atoms. The number of hydrogen-bond donors (Lipinski definition) is 1. The number of ether oxygens (including phenoxy) is 1. The zero-order chi connectivity index (χ0) is 13.7. The Morgan fingerprint density at radius 3 is 2.53 bits per heavy atom. The molecule has 0 saturated heterocycles. The fourth-order valence-corrected chi connectivity index (χ4v) is 2.23. The van der Waals surface area contributed by atoms with Crippen molar-refractivity contribution in [2.75, 3.05) is 6.61 Å². The summed E-state index contributed by atoms with van der Waals surface area (Å²) in [4.78, 5) is 0. The van der Waals surface area contributed by atoms with E-state index in [9.17, 15) is 0 Å². The van der Waals surface area contributed by atoms with E-state index in [-0.39, 0.29) is 6.61 Å². The molecule has 0 aliphatic carbocycles. The molecule has 0 heterocycles. The highest BCUT2D eigenvalue weighted by molar-refractivity contribution is 6.35. The van der Waals surface area contributed by atoms with Crippen LogP contribution in [0.5, 0.6) is 5.75 Å². The van der Waals surface area contributed by atoms with Crippen LogP contribution in [-0.2, 0) is 13.0 Å². The maximum absolute atomic E-state index is 9.01. The van der Waals surface area contributed by atoms with E-state index in [1.807, 2.05) is 30.3 Å². The Kier molecular flexibility index (Phi) is 5.08. The summed E-state index contributed by atoms with van der Waals surface area (Å²) in [5, 5.41) is 10.2. The van der Waals surface area contributed by atoms with Crippen LogP contribution in [-0.4, -0.2) is 11.7 Å². The second-order valence-electron chi connectivity index (χ2n) is 4.11. The molecule has 1 N–H and O–H groups in total. The molecule has 100 valence electrons. The quantitative estimate of drug-likeness (QED) is 0.900. The van der Waals surface area contributed by atoms with E-state index in [2.05, 4.69) is 0 Å². The third-order valence-electron chi connectivity index (χ3n) is 2.75. The molecule has 0 aliphatic rings. The summed E-state index contributed by atoms with van der Waals surface area (Å²) in [6, 6.07) is 13.0. The highest BCUT2D eigenvalue weighted by Crippen LogP contribution is 2.24. The van der Waals surface area contributed by atoms with Crippen molar-refractivity contribution >= 4 is 23.2 Å². The first-order chi connectivity index (χ1) is 9.20. The van der Waals surface area contributed by atoms with Gasteiger partial charge in [0.15, 0.2) is 0 Å². The lowest BCUT2D eigenvalue weighted by Gasteiger charge is -2.11. The van der Waals surface area contributed by atoms with Gasteiger partial charge in [-0.2, -0.15) is 0 Å². The van der Waals surface area contributed by atoms with Gasteiger partial charge < -0.3 is 9.84 Å². The lowest BCUT2D eigenvalue weighted by molar-refractivity contribution is 0.284. The molecule has 4 heteroatoms. The average Bonchev–Trinajstić information content (AvgIpc) is 2.40. The Labute approximate surface area is 122 Å². The smallest absolute Gasteiger partial charge is 0.123 e. The van der Waals surface area contributed by atoms with Crippen LogP contribution in [0.15, 0.2) is 42.5 Å². The topological polar surface area (TPSA) is 29.5 Å². The first kappa shape index (κ1) is 14.2. The van der Waals surface area contributed by atoms with Gasteiger partial charge in [0.2, 0.25) is 0 Å². The van der Waals surface area contributed by atoms with Crippen LogP contribution < -0.4 is 4.74 Å². The van der Waals surface area contributed by atoms with Crippen molar-refractivity contribution < 1.29 is 9.84 Å². The largest absolute Gasteiger partial charge is 0.489 e. The highest BCUT2D eigenvalue weighted by Gasteiger charge is 2.05. The van der Waals surface area contributed by atoms with Crippen molar-refractivity contribution in [3.05, 3.63) is 63.6 Å². The summed E-state index contributed by atoms with van der Waals surface area (Å²) < 4.78 is 5.76. The predicted molar refractivity (Wildman–Crippen MR) is 78.0 cm³/mol. The summed E-state index contributed by atoms with van der Waals surface area (Å²) in [5.74, 6) is 0.766. The minimum Gasteiger partial charge on any atom is -0.489 e. The number of hydrogen-bond acceptors (Lipinski definition) is 2. The lowest BCUT2D eigenvalue weighted by atomic mass is 10.1. The molecule has 2 aromatic carbocycles. The molecule has 0 atom stereocenters. The molecule has 0 aliphatic heterocycles. The average molecular weight is 297 g/mol. The normalized spacial score (nSPS) is 10.5. The second kappa shape index (κ2) is 6.80.